The predicted molar refractivity (Wildman–Crippen MR) is 162 cm³/mol. The average molecular weight is 613 g/mol. The monoisotopic (exact) mass is 611 g/mol. The molecule has 0 aliphatic rings. The molecule has 0 saturated heterocycles. The van der Waals surface area contributed by atoms with Crippen LogP contribution in [-0.4, -0.2) is 38.3 Å². The Morgan fingerprint density at radius 2 is 1.57 bits per heavy atom. The van der Waals surface area contributed by atoms with Crippen LogP contribution in [0.25, 0.3) is 22.5 Å². The Kier molecular flexibility index (Phi) is 8.91. The van der Waals surface area contributed by atoms with E-state index in [0.29, 0.717) is 32.6 Å². The van der Waals surface area contributed by atoms with E-state index in [-0.39, 0.29) is 23.4 Å². The molecule has 0 aliphatic carbocycles. The molecule has 0 aliphatic heterocycles. The van der Waals surface area contributed by atoms with Gasteiger partial charge in [0.15, 0.2) is 0 Å². The maximum absolute atomic E-state index is 13.2. The Morgan fingerprint density at radius 1 is 0.905 bits per heavy atom. The molecule has 12 heteroatoms. The molecule has 0 bridgehead atoms. The number of rotatable bonds is 6. The molecule has 0 unspecified atom stereocenters. The molecule has 2 aromatic heterocycles. The van der Waals surface area contributed by atoms with E-state index in [2.05, 4.69) is 15.1 Å². The van der Waals surface area contributed by atoms with Crippen LogP contribution >= 0.6 is 23.2 Å². The highest BCUT2D eigenvalue weighted by molar-refractivity contribution is 6.34. The number of hydrogen-bond donors (Lipinski definition) is 0. The van der Waals surface area contributed by atoms with E-state index in [0.717, 1.165) is 5.06 Å². The van der Waals surface area contributed by atoms with Crippen molar-refractivity contribution in [2.45, 2.75) is 59.7 Å². The summed E-state index contributed by atoms with van der Waals surface area (Å²) in [6.07, 6.45) is 0.649. The Morgan fingerprint density at radius 3 is 2.17 bits per heavy atom. The third kappa shape index (κ3) is 7.25. The summed E-state index contributed by atoms with van der Waals surface area (Å²) in [4.78, 5) is 42.5. The summed E-state index contributed by atoms with van der Waals surface area (Å²) in [7, 11) is 0. The van der Waals surface area contributed by atoms with E-state index < -0.39 is 17.3 Å². The minimum atomic E-state index is -0.811. The number of para-hydroxylation sites is 1. The summed E-state index contributed by atoms with van der Waals surface area (Å²) in [5.41, 5.74) is 0.401. The van der Waals surface area contributed by atoms with Gasteiger partial charge in [-0.05, 0) is 71.9 Å². The van der Waals surface area contributed by atoms with Gasteiger partial charge < -0.3 is 9.26 Å². The molecule has 0 fully saturated rings. The summed E-state index contributed by atoms with van der Waals surface area (Å²) < 4.78 is 11.4. The number of hydrogen-bond acceptors (Lipinski definition) is 8. The molecule has 42 heavy (non-hydrogen) atoms. The van der Waals surface area contributed by atoms with Crippen LogP contribution in [0.5, 0.6) is 0 Å². The highest BCUT2D eigenvalue weighted by atomic mass is 35.5. The van der Waals surface area contributed by atoms with Gasteiger partial charge in [0, 0.05) is 23.7 Å². The van der Waals surface area contributed by atoms with Gasteiger partial charge >= 0.3 is 6.09 Å². The van der Waals surface area contributed by atoms with E-state index in [4.69, 9.17) is 37.3 Å². The number of anilines is 3. The van der Waals surface area contributed by atoms with Crippen molar-refractivity contribution >= 4 is 52.7 Å². The van der Waals surface area contributed by atoms with Gasteiger partial charge in [0.25, 0.3) is 5.95 Å². The van der Waals surface area contributed by atoms with Gasteiger partial charge in [0.2, 0.25) is 11.8 Å². The molecule has 0 spiro atoms. The standard InChI is InChI=1S/C30H31Cl2N5O5/c1-18(38)36(23-11-9-8-10-21(23)32)26-24(25(35-41-26)19-12-14-20(31)15-13-19)22-16-17-33-27(34-22)37(42-30(5,6)7)28(39)40-29(2,3)4/h8-17H,1-7H3. The minimum absolute atomic E-state index is 0.0609. The van der Waals surface area contributed by atoms with E-state index >= 15 is 0 Å². The SMILES string of the molecule is CC(=O)N(c1ccccc1Cl)c1onc(-c2ccc(Cl)cc2)c1-c1ccnc(N(OC(C)(C)C)C(=O)OC(C)(C)C)n1. The molecule has 0 atom stereocenters. The molecule has 220 valence electrons. The van der Waals surface area contributed by atoms with Gasteiger partial charge in [-0.3, -0.25) is 9.63 Å². The fraction of sp³-hybridized carbons (Fsp3) is 0.300. The predicted octanol–water partition coefficient (Wildman–Crippen LogP) is 8.26. The first-order chi connectivity index (χ1) is 19.6. The van der Waals surface area contributed by atoms with Gasteiger partial charge in [0.1, 0.15) is 11.3 Å². The zero-order valence-corrected chi connectivity index (χ0v) is 25.8. The Bertz CT molecular complexity index is 1590. The molecule has 0 radical (unpaired) electrons. The van der Waals surface area contributed by atoms with Gasteiger partial charge in [0.05, 0.1) is 27.6 Å². The molecule has 4 rings (SSSR count). The number of nitrogens with zero attached hydrogens (tertiary/aromatic N) is 5. The summed E-state index contributed by atoms with van der Waals surface area (Å²) >= 11 is 12.6. The number of halogens is 2. The van der Waals surface area contributed by atoms with Crippen LogP contribution in [-0.2, 0) is 14.4 Å². The lowest BCUT2D eigenvalue weighted by atomic mass is 10.0. The first-order valence-electron chi connectivity index (χ1n) is 13.0. The Balaban J connectivity index is 1.95. The maximum atomic E-state index is 13.2. The normalized spacial score (nSPS) is 11.7. The van der Waals surface area contributed by atoms with Gasteiger partial charge in [-0.2, -0.15) is 0 Å². The number of aromatic nitrogens is 3. The van der Waals surface area contributed by atoms with Crippen molar-refractivity contribution in [3.8, 4) is 22.5 Å². The molecule has 4 aromatic rings. The first-order valence-corrected chi connectivity index (χ1v) is 13.8. The highest BCUT2D eigenvalue weighted by Crippen LogP contribution is 2.43. The molecule has 2 amide bonds. The van der Waals surface area contributed by atoms with Crippen LogP contribution in [0.1, 0.15) is 48.5 Å². The van der Waals surface area contributed by atoms with Gasteiger partial charge in [-0.15, -0.1) is 5.06 Å². The third-order valence-electron chi connectivity index (χ3n) is 5.41. The summed E-state index contributed by atoms with van der Waals surface area (Å²) in [6, 6.07) is 15.4. The largest absolute Gasteiger partial charge is 0.442 e. The van der Waals surface area contributed by atoms with Crippen LogP contribution in [0, 0.1) is 0 Å². The zero-order valence-electron chi connectivity index (χ0n) is 24.3. The average Bonchev–Trinajstić information content (AvgIpc) is 3.32. The van der Waals surface area contributed by atoms with Crippen molar-refractivity contribution in [3.05, 3.63) is 70.8 Å². The lowest BCUT2D eigenvalue weighted by molar-refractivity contribution is -0.116. The molecule has 0 saturated carbocycles. The van der Waals surface area contributed by atoms with Crippen molar-refractivity contribution in [1.82, 2.24) is 15.1 Å². The van der Waals surface area contributed by atoms with Crippen LogP contribution in [0.4, 0.5) is 22.3 Å². The minimum Gasteiger partial charge on any atom is -0.442 e. The van der Waals surface area contributed by atoms with E-state index in [1.165, 1.54) is 18.0 Å². The lowest BCUT2D eigenvalue weighted by Gasteiger charge is -2.30. The Labute approximate surface area is 254 Å². The molecular weight excluding hydrogens is 581 g/mol. The van der Waals surface area contributed by atoms with Crippen LogP contribution in [0.2, 0.25) is 10.0 Å². The van der Waals surface area contributed by atoms with Crippen molar-refractivity contribution < 1.29 is 23.7 Å². The number of hydroxylamine groups is 1. The number of carbonyl (C=O) groups excluding carboxylic acids is 2. The van der Waals surface area contributed by atoms with Crippen molar-refractivity contribution in [2.24, 2.45) is 0 Å². The van der Waals surface area contributed by atoms with Crippen molar-refractivity contribution in [1.29, 1.82) is 0 Å². The molecule has 0 N–H and O–H groups in total. The lowest BCUT2D eigenvalue weighted by Crippen LogP contribution is -2.42. The van der Waals surface area contributed by atoms with Gasteiger partial charge in [-0.25, -0.2) is 19.7 Å². The first kappa shape index (κ1) is 31.0. The third-order valence-corrected chi connectivity index (χ3v) is 5.98. The Hall–Kier alpha value is -3.99. The van der Waals surface area contributed by atoms with Gasteiger partial charge in [-0.1, -0.05) is 52.6 Å². The van der Waals surface area contributed by atoms with Crippen LogP contribution in [0.15, 0.2) is 65.3 Å². The second-order valence-corrected chi connectivity index (χ2v) is 12.1. The second-order valence-electron chi connectivity index (χ2n) is 11.2. The van der Waals surface area contributed by atoms with Crippen molar-refractivity contribution in [3.63, 3.8) is 0 Å². The molecule has 2 heterocycles. The van der Waals surface area contributed by atoms with Crippen LogP contribution in [0.3, 0.4) is 0 Å². The fourth-order valence-electron chi connectivity index (χ4n) is 3.85. The topological polar surface area (TPSA) is 111 Å². The zero-order chi connectivity index (χ0) is 30.8. The van der Waals surface area contributed by atoms with E-state index in [9.17, 15) is 9.59 Å². The molecule has 10 nitrogen and oxygen atoms in total. The molecular formula is C30H31Cl2N5O5. The number of benzene rings is 2. The fourth-order valence-corrected chi connectivity index (χ4v) is 4.19. The smallest absolute Gasteiger partial charge is 0.442 e. The second kappa shape index (κ2) is 12.1. The van der Waals surface area contributed by atoms with Crippen molar-refractivity contribution in [2.75, 3.05) is 9.96 Å². The van der Waals surface area contributed by atoms with E-state index in [1.807, 2.05) is 0 Å². The summed E-state index contributed by atoms with van der Waals surface area (Å²) in [5, 5.41) is 6.07. The molecule has 2 aromatic carbocycles. The summed E-state index contributed by atoms with van der Waals surface area (Å²) in [5.74, 6) is -0.423. The maximum Gasteiger partial charge on any atom is 0.442 e. The summed E-state index contributed by atoms with van der Waals surface area (Å²) in [6.45, 7) is 11.9. The number of amides is 2. The van der Waals surface area contributed by atoms with Crippen LogP contribution < -0.4 is 9.96 Å². The number of carbonyl (C=O) groups is 2. The quantitative estimate of drug-likeness (QED) is 0.200. The van der Waals surface area contributed by atoms with E-state index in [1.54, 1.807) is 96.1 Å². The number of ether oxygens (including phenoxy) is 1. The highest BCUT2D eigenvalue weighted by Gasteiger charge is 2.33.